The maximum Gasteiger partial charge on any atom is 0.274 e. The Balaban J connectivity index is 1.72. The summed E-state index contributed by atoms with van der Waals surface area (Å²) in [5.74, 6) is 0.353. The number of hydrogen-bond donors (Lipinski definition) is 0. The molecule has 3 heterocycles. The maximum absolute atomic E-state index is 12.6. The second-order valence-electron chi connectivity index (χ2n) is 6.12. The zero-order chi connectivity index (χ0) is 15.5. The van der Waals surface area contributed by atoms with Crippen molar-refractivity contribution in [3.05, 3.63) is 48.0 Å². The SMILES string of the molecule is CC(C)n1ccc(C(=O)N2CCC[C@@H](c3ccccn3)C2)n1. The lowest BCUT2D eigenvalue weighted by atomic mass is 9.94. The second-order valence-corrected chi connectivity index (χ2v) is 6.12. The lowest BCUT2D eigenvalue weighted by Crippen LogP contribution is -2.39. The van der Waals surface area contributed by atoms with E-state index in [1.807, 2.05) is 46.2 Å². The van der Waals surface area contributed by atoms with Gasteiger partial charge in [0.2, 0.25) is 0 Å². The number of piperidine rings is 1. The van der Waals surface area contributed by atoms with Gasteiger partial charge < -0.3 is 4.90 Å². The van der Waals surface area contributed by atoms with Crippen molar-refractivity contribution in [2.45, 2.75) is 38.6 Å². The minimum absolute atomic E-state index is 0.0278. The van der Waals surface area contributed by atoms with Crippen LogP contribution in [0.25, 0.3) is 0 Å². The van der Waals surface area contributed by atoms with Gasteiger partial charge in [0, 0.05) is 43.1 Å². The van der Waals surface area contributed by atoms with Crippen LogP contribution in [0.2, 0.25) is 0 Å². The zero-order valence-corrected chi connectivity index (χ0v) is 13.1. The molecule has 0 aliphatic carbocycles. The molecule has 1 aliphatic rings. The van der Waals surface area contributed by atoms with Crippen molar-refractivity contribution in [1.29, 1.82) is 0 Å². The number of aromatic nitrogens is 3. The molecule has 3 rings (SSSR count). The van der Waals surface area contributed by atoms with E-state index in [1.165, 1.54) is 0 Å². The molecule has 0 aromatic carbocycles. The summed E-state index contributed by atoms with van der Waals surface area (Å²) in [6.45, 7) is 5.64. The van der Waals surface area contributed by atoms with E-state index in [0.717, 1.165) is 31.6 Å². The number of carbonyl (C=O) groups excluding carboxylic acids is 1. The zero-order valence-electron chi connectivity index (χ0n) is 13.1. The van der Waals surface area contributed by atoms with Gasteiger partial charge in [0.15, 0.2) is 0 Å². The third-order valence-electron chi connectivity index (χ3n) is 4.17. The number of pyridine rings is 1. The first-order valence-electron chi connectivity index (χ1n) is 7.90. The molecule has 2 aromatic rings. The average Bonchev–Trinajstić information content (AvgIpc) is 3.05. The van der Waals surface area contributed by atoms with Gasteiger partial charge in [0.1, 0.15) is 5.69 Å². The van der Waals surface area contributed by atoms with E-state index in [9.17, 15) is 4.79 Å². The van der Waals surface area contributed by atoms with Crippen LogP contribution in [-0.2, 0) is 0 Å². The van der Waals surface area contributed by atoms with Gasteiger partial charge >= 0.3 is 0 Å². The highest BCUT2D eigenvalue weighted by molar-refractivity contribution is 5.92. The van der Waals surface area contributed by atoms with Crippen molar-refractivity contribution in [1.82, 2.24) is 19.7 Å². The van der Waals surface area contributed by atoms with Crippen LogP contribution < -0.4 is 0 Å². The van der Waals surface area contributed by atoms with Gasteiger partial charge in [-0.2, -0.15) is 5.10 Å². The number of likely N-dealkylation sites (tertiary alicyclic amines) is 1. The van der Waals surface area contributed by atoms with E-state index in [1.54, 1.807) is 0 Å². The van der Waals surface area contributed by atoms with E-state index in [-0.39, 0.29) is 11.9 Å². The highest BCUT2D eigenvalue weighted by Crippen LogP contribution is 2.26. The van der Waals surface area contributed by atoms with Crippen molar-refractivity contribution in [2.75, 3.05) is 13.1 Å². The predicted octanol–water partition coefficient (Wildman–Crippen LogP) is 2.88. The Morgan fingerprint density at radius 3 is 2.86 bits per heavy atom. The van der Waals surface area contributed by atoms with Gasteiger partial charge in [0.25, 0.3) is 5.91 Å². The molecule has 0 N–H and O–H groups in total. The van der Waals surface area contributed by atoms with Crippen LogP contribution in [0.15, 0.2) is 36.7 Å². The molecule has 0 radical (unpaired) electrons. The van der Waals surface area contributed by atoms with Crippen LogP contribution in [0.5, 0.6) is 0 Å². The van der Waals surface area contributed by atoms with Crippen molar-refractivity contribution < 1.29 is 4.79 Å². The van der Waals surface area contributed by atoms with Crippen LogP contribution in [-0.4, -0.2) is 38.7 Å². The van der Waals surface area contributed by atoms with Crippen LogP contribution >= 0.6 is 0 Å². The fraction of sp³-hybridized carbons (Fsp3) is 0.471. The number of hydrogen-bond acceptors (Lipinski definition) is 3. The van der Waals surface area contributed by atoms with Gasteiger partial charge in [-0.25, -0.2) is 0 Å². The smallest absolute Gasteiger partial charge is 0.274 e. The average molecular weight is 298 g/mol. The van der Waals surface area contributed by atoms with E-state index in [4.69, 9.17) is 0 Å². The van der Waals surface area contributed by atoms with Crippen LogP contribution in [0.4, 0.5) is 0 Å². The summed E-state index contributed by atoms with van der Waals surface area (Å²) >= 11 is 0. The van der Waals surface area contributed by atoms with Crippen molar-refractivity contribution in [3.63, 3.8) is 0 Å². The second kappa shape index (κ2) is 6.30. The lowest BCUT2D eigenvalue weighted by molar-refractivity contribution is 0.0699. The molecule has 0 unspecified atom stereocenters. The molecule has 1 fully saturated rings. The first-order valence-corrected chi connectivity index (χ1v) is 7.90. The van der Waals surface area contributed by atoms with E-state index in [0.29, 0.717) is 11.6 Å². The van der Waals surface area contributed by atoms with Gasteiger partial charge in [-0.3, -0.25) is 14.5 Å². The predicted molar refractivity (Wildman–Crippen MR) is 84.7 cm³/mol. The van der Waals surface area contributed by atoms with E-state index < -0.39 is 0 Å². The molecule has 5 heteroatoms. The molecule has 1 aliphatic heterocycles. The molecule has 116 valence electrons. The number of carbonyl (C=O) groups is 1. The summed E-state index contributed by atoms with van der Waals surface area (Å²) < 4.78 is 1.83. The molecule has 2 aromatic heterocycles. The van der Waals surface area contributed by atoms with Crippen LogP contribution in [0.1, 0.15) is 54.8 Å². The van der Waals surface area contributed by atoms with E-state index in [2.05, 4.69) is 23.9 Å². The Hall–Kier alpha value is -2.17. The Morgan fingerprint density at radius 1 is 1.32 bits per heavy atom. The highest BCUT2D eigenvalue weighted by atomic mass is 16.2. The molecule has 0 spiro atoms. The number of rotatable bonds is 3. The summed E-state index contributed by atoms with van der Waals surface area (Å²) in [5, 5.41) is 4.39. The van der Waals surface area contributed by atoms with Crippen LogP contribution in [0, 0.1) is 0 Å². The largest absolute Gasteiger partial charge is 0.337 e. The molecule has 1 amide bonds. The van der Waals surface area contributed by atoms with Crippen molar-refractivity contribution in [2.24, 2.45) is 0 Å². The van der Waals surface area contributed by atoms with Crippen LogP contribution in [0.3, 0.4) is 0 Å². The third kappa shape index (κ3) is 3.03. The Kier molecular flexibility index (Phi) is 4.22. The Morgan fingerprint density at radius 2 is 2.18 bits per heavy atom. The van der Waals surface area contributed by atoms with Gasteiger partial charge in [-0.05, 0) is 44.9 Å². The molecule has 22 heavy (non-hydrogen) atoms. The number of nitrogens with zero attached hydrogens (tertiary/aromatic N) is 4. The molecular formula is C17H22N4O. The highest BCUT2D eigenvalue weighted by Gasteiger charge is 2.27. The first kappa shape index (κ1) is 14.8. The molecule has 1 saturated heterocycles. The molecule has 0 saturated carbocycles. The standard InChI is InChI=1S/C17H22N4O/c1-13(2)21-11-8-16(19-21)17(22)20-10-5-6-14(12-20)15-7-3-4-9-18-15/h3-4,7-9,11,13-14H,5-6,10,12H2,1-2H3/t14-/m1/s1. The Labute approximate surface area is 131 Å². The van der Waals surface area contributed by atoms with Gasteiger partial charge in [-0.15, -0.1) is 0 Å². The summed E-state index contributed by atoms with van der Waals surface area (Å²) in [5.41, 5.74) is 1.61. The first-order chi connectivity index (χ1) is 10.6. The summed E-state index contributed by atoms with van der Waals surface area (Å²) in [7, 11) is 0. The fourth-order valence-corrected chi connectivity index (χ4v) is 2.92. The quantitative estimate of drug-likeness (QED) is 0.875. The maximum atomic E-state index is 12.6. The monoisotopic (exact) mass is 298 g/mol. The molecular weight excluding hydrogens is 276 g/mol. The van der Waals surface area contributed by atoms with Crippen molar-refractivity contribution >= 4 is 5.91 Å². The third-order valence-corrected chi connectivity index (χ3v) is 4.17. The summed E-state index contributed by atoms with van der Waals surface area (Å²) in [6.07, 6.45) is 5.79. The molecule has 1 atom stereocenters. The van der Waals surface area contributed by atoms with Crippen molar-refractivity contribution in [3.8, 4) is 0 Å². The minimum atomic E-state index is 0.0278. The summed E-state index contributed by atoms with van der Waals surface area (Å²) in [4.78, 5) is 19.0. The lowest BCUT2D eigenvalue weighted by Gasteiger charge is -2.32. The fourth-order valence-electron chi connectivity index (χ4n) is 2.92. The normalized spacial score (nSPS) is 18.7. The minimum Gasteiger partial charge on any atom is -0.337 e. The van der Waals surface area contributed by atoms with Gasteiger partial charge in [0.05, 0.1) is 0 Å². The van der Waals surface area contributed by atoms with Gasteiger partial charge in [-0.1, -0.05) is 6.07 Å². The topological polar surface area (TPSA) is 51.0 Å². The van der Waals surface area contributed by atoms with E-state index >= 15 is 0 Å². The molecule has 5 nitrogen and oxygen atoms in total. The molecule has 0 bridgehead atoms. The number of amides is 1. The Bertz CT molecular complexity index is 635. The summed E-state index contributed by atoms with van der Waals surface area (Å²) in [6, 6.07) is 8.06.